The van der Waals surface area contributed by atoms with Gasteiger partial charge in [-0.2, -0.15) is 0 Å². The zero-order valence-corrected chi connectivity index (χ0v) is 15.7. The monoisotopic (exact) mass is 415 g/mol. The van der Waals surface area contributed by atoms with Crippen LogP contribution in [0.1, 0.15) is 22.7 Å². The van der Waals surface area contributed by atoms with Crippen molar-refractivity contribution in [3.8, 4) is 0 Å². The van der Waals surface area contributed by atoms with E-state index in [4.69, 9.17) is 0 Å². The summed E-state index contributed by atoms with van der Waals surface area (Å²) in [4.78, 5) is 26.4. The summed E-state index contributed by atoms with van der Waals surface area (Å²) in [5.74, 6) is -1.68. The van der Waals surface area contributed by atoms with Crippen LogP contribution in [0.4, 0.5) is 0 Å². The van der Waals surface area contributed by atoms with Gasteiger partial charge in [0.25, 0.3) is 11.7 Å². The Balaban J connectivity index is 2.17. The maximum Gasteiger partial charge on any atom is 0.295 e. The molecule has 5 nitrogen and oxygen atoms in total. The van der Waals surface area contributed by atoms with Crippen molar-refractivity contribution in [2.24, 2.45) is 0 Å². The van der Waals surface area contributed by atoms with Crippen molar-refractivity contribution in [1.82, 2.24) is 4.90 Å². The van der Waals surface area contributed by atoms with Crippen molar-refractivity contribution in [1.29, 1.82) is 0 Å². The van der Waals surface area contributed by atoms with Crippen molar-refractivity contribution in [3.63, 3.8) is 0 Å². The number of rotatable bonds is 4. The number of aliphatic hydroxyl groups excluding tert-OH is 2. The summed E-state index contributed by atoms with van der Waals surface area (Å²) in [5.41, 5.74) is 2.22. The topological polar surface area (TPSA) is 77.8 Å². The molecule has 1 saturated heterocycles. The van der Waals surface area contributed by atoms with Crippen LogP contribution in [-0.2, 0) is 9.59 Å². The van der Waals surface area contributed by atoms with Crippen LogP contribution < -0.4 is 0 Å². The second kappa shape index (κ2) is 7.43. The molecule has 0 bridgehead atoms. The van der Waals surface area contributed by atoms with Crippen molar-refractivity contribution < 1.29 is 19.8 Å². The molecule has 1 heterocycles. The Morgan fingerprint density at radius 2 is 1.69 bits per heavy atom. The van der Waals surface area contributed by atoms with Gasteiger partial charge in [-0.15, -0.1) is 0 Å². The second-order valence-corrected chi connectivity index (χ2v) is 7.05. The van der Waals surface area contributed by atoms with Gasteiger partial charge in [-0.25, -0.2) is 0 Å². The summed E-state index contributed by atoms with van der Waals surface area (Å²) in [6.45, 7) is 1.66. The number of carbonyl (C=O) groups excluding carboxylic acids is 2. The molecule has 0 saturated carbocycles. The number of benzene rings is 2. The molecule has 1 unspecified atom stereocenters. The Morgan fingerprint density at radius 3 is 2.27 bits per heavy atom. The summed E-state index contributed by atoms with van der Waals surface area (Å²) in [7, 11) is 0. The van der Waals surface area contributed by atoms with Crippen LogP contribution in [0.25, 0.3) is 5.76 Å². The number of β-amino-alcohol motifs (C(OH)–C–C–N with tert-alkyl or cyclic N) is 1. The first kappa shape index (κ1) is 18.4. The maximum absolute atomic E-state index is 12.6. The normalized spacial score (nSPS) is 19.2. The van der Waals surface area contributed by atoms with Gasteiger partial charge in [0.15, 0.2) is 0 Å². The number of hydrogen-bond acceptors (Lipinski definition) is 4. The van der Waals surface area contributed by atoms with E-state index in [1.165, 1.54) is 4.90 Å². The lowest BCUT2D eigenvalue weighted by Crippen LogP contribution is -2.32. The van der Waals surface area contributed by atoms with E-state index in [0.29, 0.717) is 11.1 Å². The van der Waals surface area contributed by atoms with Crippen molar-refractivity contribution in [2.45, 2.75) is 13.0 Å². The molecule has 3 rings (SSSR count). The number of amides is 1. The Morgan fingerprint density at radius 1 is 1.08 bits per heavy atom. The highest BCUT2D eigenvalue weighted by atomic mass is 79.9. The van der Waals surface area contributed by atoms with Gasteiger partial charge in [0, 0.05) is 16.6 Å². The molecular weight excluding hydrogens is 398 g/mol. The van der Waals surface area contributed by atoms with Gasteiger partial charge in [-0.05, 0) is 24.6 Å². The first-order valence-electron chi connectivity index (χ1n) is 8.16. The average Bonchev–Trinajstić information content (AvgIpc) is 2.88. The molecule has 26 heavy (non-hydrogen) atoms. The molecule has 6 heteroatoms. The van der Waals surface area contributed by atoms with Crippen molar-refractivity contribution in [2.75, 3.05) is 13.2 Å². The minimum Gasteiger partial charge on any atom is -0.507 e. The summed E-state index contributed by atoms with van der Waals surface area (Å²) in [6.07, 6.45) is 0. The van der Waals surface area contributed by atoms with Gasteiger partial charge >= 0.3 is 0 Å². The van der Waals surface area contributed by atoms with Gasteiger partial charge in [0.1, 0.15) is 5.76 Å². The van der Waals surface area contributed by atoms with Crippen LogP contribution >= 0.6 is 15.9 Å². The summed E-state index contributed by atoms with van der Waals surface area (Å²) >= 11 is 3.36. The van der Waals surface area contributed by atoms with E-state index in [9.17, 15) is 19.8 Å². The third-order valence-electron chi connectivity index (χ3n) is 4.39. The summed E-state index contributed by atoms with van der Waals surface area (Å²) in [6, 6.07) is 13.5. The van der Waals surface area contributed by atoms with E-state index in [0.717, 1.165) is 10.0 Å². The van der Waals surface area contributed by atoms with Crippen LogP contribution in [0.15, 0.2) is 58.6 Å². The number of hydrogen-bond donors (Lipinski definition) is 2. The number of Topliss-reactive ketones (excluding diaryl/α,β-unsaturated/α-hetero) is 1. The number of nitrogens with zero attached hydrogens (tertiary/aromatic N) is 1. The Labute approximate surface area is 159 Å². The Kier molecular flexibility index (Phi) is 5.25. The summed E-state index contributed by atoms with van der Waals surface area (Å²) in [5, 5.41) is 20.1. The van der Waals surface area contributed by atoms with E-state index < -0.39 is 17.7 Å². The standard InChI is InChI=1S/C20H18BrNO4/c1-12-2-4-14(5-3-12)18(24)16-17(13-6-8-15(21)9-7-13)22(10-11-23)20(26)19(16)25/h2-9,17,23-24H,10-11H2,1H3/b18-16-. The Bertz CT molecular complexity index is 872. The van der Waals surface area contributed by atoms with Crippen molar-refractivity contribution in [3.05, 3.63) is 75.3 Å². The van der Waals surface area contributed by atoms with E-state index in [2.05, 4.69) is 15.9 Å². The molecule has 0 aliphatic carbocycles. The van der Waals surface area contributed by atoms with Gasteiger partial charge in [-0.1, -0.05) is 57.9 Å². The molecule has 0 radical (unpaired) electrons. The highest BCUT2D eigenvalue weighted by molar-refractivity contribution is 9.10. The number of aryl methyl sites for hydroxylation is 1. The molecule has 1 aliphatic heterocycles. The fraction of sp³-hybridized carbons (Fsp3) is 0.200. The zero-order valence-electron chi connectivity index (χ0n) is 14.1. The SMILES string of the molecule is Cc1ccc(/C(O)=C2/C(=O)C(=O)N(CCO)C2c2ccc(Br)cc2)cc1. The van der Waals surface area contributed by atoms with Crippen LogP contribution in [0.5, 0.6) is 0 Å². The largest absolute Gasteiger partial charge is 0.507 e. The molecule has 2 aromatic carbocycles. The van der Waals surface area contributed by atoms with E-state index in [-0.39, 0.29) is 24.5 Å². The molecule has 1 aliphatic rings. The predicted molar refractivity (Wildman–Crippen MR) is 101 cm³/mol. The predicted octanol–water partition coefficient (Wildman–Crippen LogP) is 3.17. The minimum absolute atomic E-state index is 0.00990. The van der Waals surface area contributed by atoms with Gasteiger partial charge < -0.3 is 15.1 Å². The molecule has 0 spiro atoms. The highest BCUT2D eigenvalue weighted by Gasteiger charge is 2.45. The number of carbonyl (C=O) groups is 2. The maximum atomic E-state index is 12.6. The molecule has 0 aromatic heterocycles. The first-order chi connectivity index (χ1) is 12.4. The molecule has 1 fully saturated rings. The van der Waals surface area contributed by atoms with Gasteiger partial charge in [0.2, 0.25) is 0 Å². The van der Waals surface area contributed by atoms with Crippen LogP contribution in [0, 0.1) is 6.92 Å². The number of halogens is 1. The lowest BCUT2D eigenvalue weighted by atomic mass is 9.95. The van der Waals surface area contributed by atoms with Crippen LogP contribution in [0.3, 0.4) is 0 Å². The van der Waals surface area contributed by atoms with Gasteiger partial charge in [-0.3, -0.25) is 9.59 Å². The molecular formula is C20H18BrNO4. The second-order valence-electron chi connectivity index (χ2n) is 6.13. The van der Waals surface area contributed by atoms with Gasteiger partial charge in [0.05, 0.1) is 18.2 Å². The molecule has 1 amide bonds. The number of likely N-dealkylation sites (tertiary alicyclic amines) is 1. The lowest BCUT2D eigenvalue weighted by molar-refractivity contribution is -0.140. The summed E-state index contributed by atoms with van der Waals surface area (Å²) < 4.78 is 0.860. The minimum atomic E-state index is -0.746. The first-order valence-corrected chi connectivity index (χ1v) is 8.95. The molecule has 134 valence electrons. The van der Waals surface area contributed by atoms with E-state index in [1.54, 1.807) is 36.4 Å². The third-order valence-corrected chi connectivity index (χ3v) is 4.92. The van der Waals surface area contributed by atoms with Crippen LogP contribution in [0.2, 0.25) is 0 Å². The fourth-order valence-corrected chi connectivity index (χ4v) is 3.34. The number of ketones is 1. The third kappa shape index (κ3) is 3.30. The zero-order chi connectivity index (χ0) is 18.8. The Hall–Kier alpha value is -2.44. The molecule has 2 aromatic rings. The highest BCUT2D eigenvalue weighted by Crippen LogP contribution is 2.39. The average molecular weight is 416 g/mol. The van der Waals surface area contributed by atoms with Crippen molar-refractivity contribution >= 4 is 33.4 Å². The lowest BCUT2D eigenvalue weighted by Gasteiger charge is -2.24. The van der Waals surface area contributed by atoms with Crippen LogP contribution in [-0.4, -0.2) is 40.0 Å². The molecule has 1 atom stereocenters. The van der Waals surface area contributed by atoms with E-state index >= 15 is 0 Å². The quantitative estimate of drug-likeness (QED) is 0.456. The number of aliphatic hydroxyl groups is 2. The van der Waals surface area contributed by atoms with E-state index in [1.807, 2.05) is 19.1 Å². The smallest absolute Gasteiger partial charge is 0.295 e. The molecule has 2 N–H and O–H groups in total. The fourth-order valence-electron chi connectivity index (χ4n) is 3.08.